The first kappa shape index (κ1) is 25.0. The maximum atomic E-state index is 15.2. The van der Waals surface area contributed by atoms with Gasteiger partial charge in [0.2, 0.25) is 10.0 Å². The zero-order valence-corrected chi connectivity index (χ0v) is 22.3. The fourth-order valence-corrected chi connectivity index (χ4v) is 6.37. The third-order valence-electron chi connectivity index (χ3n) is 6.83. The fraction of sp³-hybridized carbons (Fsp3) is 0.360. The molecule has 2 fully saturated rings. The van der Waals surface area contributed by atoms with Crippen LogP contribution in [0.15, 0.2) is 36.5 Å². The zero-order chi connectivity index (χ0) is 25.7. The van der Waals surface area contributed by atoms with Gasteiger partial charge in [0.15, 0.2) is 5.82 Å². The number of rotatable bonds is 6. The molecule has 1 saturated carbocycles. The van der Waals surface area contributed by atoms with Gasteiger partial charge in [-0.3, -0.25) is 14.5 Å². The molecule has 5 rings (SSSR count). The van der Waals surface area contributed by atoms with Crippen LogP contribution in [0.2, 0.25) is 5.02 Å². The molecular formula is C25H26ClFN4O3S2. The van der Waals surface area contributed by atoms with E-state index in [1.54, 1.807) is 12.3 Å². The van der Waals surface area contributed by atoms with Crippen molar-refractivity contribution in [2.45, 2.75) is 32.6 Å². The van der Waals surface area contributed by atoms with E-state index in [4.69, 9.17) is 11.6 Å². The summed E-state index contributed by atoms with van der Waals surface area (Å²) in [7, 11) is -3.51. The van der Waals surface area contributed by atoms with Crippen molar-refractivity contribution in [1.82, 2.24) is 4.98 Å². The molecule has 36 heavy (non-hydrogen) atoms. The smallest absolute Gasteiger partial charge is 0.265 e. The molecular weight excluding hydrogens is 523 g/mol. The number of carbonyl (C=O) groups is 1. The summed E-state index contributed by atoms with van der Waals surface area (Å²) in [5, 5.41) is 2.99. The monoisotopic (exact) mass is 548 g/mol. The molecule has 7 nitrogen and oxygen atoms in total. The van der Waals surface area contributed by atoms with Gasteiger partial charge in [0.25, 0.3) is 5.91 Å². The lowest BCUT2D eigenvalue weighted by Crippen LogP contribution is -2.34. The van der Waals surface area contributed by atoms with Gasteiger partial charge in [-0.25, -0.2) is 12.8 Å². The van der Waals surface area contributed by atoms with Gasteiger partial charge in [-0.05, 0) is 62.3 Å². The quantitative estimate of drug-likeness (QED) is 0.399. The number of sulfonamides is 1. The first-order valence-corrected chi connectivity index (χ1v) is 14.7. The fourth-order valence-electron chi connectivity index (χ4n) is 4.67. The van der Waals surface area contributed by atoms with E-state index in [9.17, 15) is 13.2 Å². The highest BCUT2D eigenvalue weighted by atomic mass is 35.5. The highest BCUT2D eigenvalue weighted by Crippen LogP contribution is 2.54. The molecule has 190 valence electrons. The van der Waals surface area contributed by atoms with E-state index < -0.39 is 21.7 Å². The zero-order valence-electron chi connectivity index (χ0n) is 19.9. The molecule has 0 atom stereocenters. The predicted octanol–water partition coefficient (Wildman–Crippen LogP) is 5.92. The lowest BCUT2D eigenvalue weighted by Gasteiger charge is -2.33. The number of carbonyl (C=O) groups excluding carboxylic acids is 1. The highest BCUT2D eigenvalue weighted by molar-refractivity contribution is 7.92. The lowest BCUT2D eigenvalue weighted by atomic mass is 9.93. The largest absolute Gasteiger partial charge is 0.370 e. The van der Waals surface area contributed by atoms with E-state index in [0.717, 1.165) is 42.8 Å². The number of pyridine rings is 1. The number of hydrogen-bond donors (Lipinski definition) is 2. The van der Waals surface area contributed by atoms with Crippen LogP contribution in [-0.2, 0) is 10.0 Å². The molecule has 1 aromatic carbocycles. The Labute approximate surface area is 218 Å². The minimum atomic E-state index is -3.51. The topological polar surface area (TPSA) is 91.4 Å². The van der Waals surface area contributed by atoms with Crippen LogP contribution >= 0.6 is 22.9 Å². The average molecular weight is 549 g/mol. The van der Waals surface area contributed by atoms with Crippen LogP contribution < -0.4 is 14.9 Å². The Morgan fingerprint density at radius 2 is 1.81 bits per heavy atom. The van der Waals surface area contributed by atoms with Crippen LogP contribution in [0.25, 0.3) is 11.3 Å². The molecule has 3 heterocycles. The summed E-state index contributed by atoms with van der Waals surface area (Å²) in [4.78, 5) is 20.7. The second kappa shape index (κ2) is 9.32. The number of aryl methyl sites for hydroxylation is 1. The van der Waals surface area contributed by atoms with Crippen LogP contribution in [0.4, 0.5) is 21.5 Å². The molecule has 1 aliphatic carbocycles. The molecule has 2 aliphatic rings. The molecule has 0 unspecified atom stereocenters. The number of halogens is 2. The number of nitrogens with one attached hydrogen (secondary N) is 2. The standard InChI is InChI=1S/C25H26ClFN4O3S2/c1-15-20(23-21(27)12-19(14-28-23)31-7-5-25(3-4-25)6-8-31)13-22(35-15)24(32)29-17-9-16(26)10-18(11-17)30-36(2,33)34/h9-14,30H,3-8H2,1-2H3,(H,29,32). The van der Waals surface area contributed by atoms with Gasteiger partial charge in [-0.15, -0.1) is 11.3 Å². The number of thiophene rings is 1. The van der Waals surface area contributed by atoms with Gasteiger partial charge in [-0.2, -0.15) is 0 Å². The molecule has 1 amide bonds. The first-order chi connectivity index (χ1) is 17.0. The van der Waals surface area contributed by atoms with E-state index in [-0.39, 0.29) is 16.4 Å². The third kappa shape index (κ3) is 5.50. The van der Waals surface area contributed by atoms with Crippen molar-refractivity contribution in [2.75, 3.05) is 34.3 Å². The van der Waals surface area contributed by atoms with Crippen LogP contribution in [0.1, 0.15) is 40.2 Å². The number of piperidine rings is 1. The number of benzene rings is 1. The molecule has 2 aromatic heterocycles. The number of aromatic nitrogens is 1. The Bertz CT molecular complexity index is 1440. The number of anilines is 3. The van der Waals surface area contributed by atoms with Crippen molar-refractivity contribution in [3.8, 4) is 11.3 Å². The second-order valence-electron chi connectivity index (χ2n) is 9.65. The minimum absolute atomic E-state index is 0.213. The van der Waals surface area contributed by atoms with Crippen LogP contribution in [-0.4, -0.2) is 38.7 Å². The van der Waals surface area contributed by atoms with E-state index in [1.807, 2.05) is 6.92 Å². The Morgan fingerprint density at radius 3 is 2.44 bits per heavy atom. The molecule has 1 saturated heterocycles. The predicted molar refractivity (Wildman–Crippen MR) is 143 cm³/mol. The van der Waals surface area contributed by atoms with Crippen molar-refractivity contribution < 1.29 is 17.6 Å². The minimum Gasteiger partial charge on any atom is -0.370 e. The molecule has 2 N–H and O–H groups in total. The Hall–Kier alpha value is -2.69. The van der Waals surface area contributed by atoms with Gasteiger partial charge in [-0.1, -0.05) is 11.6 Å². The van der Waals surface area contributed by atoms with Crippen LogP contribution in [0.3, 0.4) is 0 Å². The number of nitrogens with zero attached hydrogens (tertiary/aromatic N) is 2. The molecule has 0 radical (unpaired) electrons. The summed E-state index contributed by atoms with van der Waals surface area (Å²) >= 11 is 7.31. The highest BCUT2D eigenvalue weighted by Gasteiger charge is 2.44. The van der Waals surface area contributed by atoms with E-state index >= 15 is 4.39 Å². The molecule has 1 spiro atoms. The summed E-state index contributed by atoms with van der Waals surface area (Å²) in [6.07, 6.45) is 7.67. The summed E-state index contributed by atoms with van der Waals surface area (Å²) in [5.74, 6) is -0.834. The van der Waals surface area contributed by atoms with Gasteiger partial charge in [0.05, 0.1) is 28.7 Å². The Kier molecular flexibility index (Phi) is 6.46. The number of amides is 1. The molecule has 0 bridgehead atoms. The van der Waals surface area contributed by atoms with E-state index in [0.29, 0.717) is 21.5 Å². The Morgan fingerprint density at radius 1 is 1.11 bits per heavy atom. The van der Waals surface area contributed by atoms with Crippen molar-refractivity contribution in [3.05, 3.63) is 57.1 Å². The first-order valence-electron chi connectivity index (χ1n) is 11.6. The maximum absolute atomic E-state index is 15.2. The maximum Gasteiger partial charge on any atom is 0.265 e. The SMILES string of the molecule is Cc1sc(C(=O)Nc2cc(Cl)cc(NS(C)(=O)=O)c2)cc1-c1ncc(N2CCC3(CC2)CC3)cc1F. The van der Waals surface area contributed by atoms with Crippen molar-refractivity contribution >= 4 is 55.9 Å². The lowest BCUT2D eigenvalue weighted by molar-refractivity contribution is 0.103. The van der Waals surface area contributed by atoms with Crippen LogP contribution in [0, 0.1) is 18.2 Å². The average Bonchev–Trinajstić information content (AvgIpc) is 3.42. The van der Waals surface area contributed by atoms with Gasteiger partial charge in [0.1, 0.15) is 5.69 Å². The summed E-state index contributed by atoms with van der Waals surface area (Å²) < 4.78 is 40.6. The van der Waals surface area contributed by atoms with Gasteiger partial charge >= 0.3 is 0 Å². The van der Waals surface area contributed by atoms with Gasteiger partial charge < -0.3 is 10.2 Å². The molecule has 1 aliphatic heterocycles. The van der Waals surface area contributed by atoms with Crippen LogP contribution in [0.5, 0.6) is 0 Å². The summed E-state index contributed by atoms with van der Waals surface area (Å²) in [6.45, 7) is 3.67. The summed E-state index contributed by atoms with van der Waals surface area (Å²) in [5.41, 5.74) is 2.67. The molecule has 11 heteroatoms. The van der Waals surface area contributed by atoms with Crippen molar-refractivity contribution in [1.29, 1.82) is 0 Å². The van der Waals surface area contributed by atoms with E-state index in [1.165, 1.54) is 48.4 Å². The molecule has 3 aromatic rings. The summed E-state index contributed by atoms with van der Waals surface area (Å²) in [6, 6.07) is 7.58. The van der Waals surface area contributed by atoms with Gasteiger partial charge in [0, 0.05) is 40.3 Å². The Balaban J connectivity index is 1.32. The second-order valence-corrected chi connectivity index (χ2v) is 13.1. The van der Waals surface area contributed by atoms with E-state index in [2.05, 4.69) is 19.9 Å². The van der Waals surface area contributed by atoms with Crippen molar-refractivity contribution in [2.24, 2.45) is 5.41 Å². The normalized spacial score (nSPS) is 16.7. The third-order valence-corrected chi connectivity index (χ3v) is 8.70. The van der Waals surface area contributed by atoms with Crippen molar-refractivity contribution in [3.63, 3.8) is 0 Å². The number of hydrogen-bond acceptors (Lipinski definition) is 6.